The van der Waals surface area contributed by atoms with Gasteiger partial charge in [-0.05, 0) is 57.2 Å². The quantitative estimate of drug-likeness (QED) is 0.834. The maximum Gasteiger partial charge on any atom is 0.255 e. The summed E-state index contributed by atoms with van der Waals surface area (Å²) in [7, 11) is 1.61. The van der Waals surface area contributed by atoms with Crippen molar-refractivity contribution in [2.45, 2.75) is 26.2 Å². The second kappa shape index (κ2) is 6.53. The normalized spacial score (nSPS) is 11.1. The molecule has 0 radical (unpaired) electrons. The SMILES string of the molecule is COc1ccc(NC(=O)c2ccc(C(C)(C)C)cc2)cc1Br. The number of hydrogen-bond acceptors (Lipinski definition) is 2. The van der Waals surface area contributed by atoms with Crippen molar-refractivity contribution in [2.24, 2.45) is 0 Å². The number of benzene rings is 2. The Morgan fingerprint density at radius 1 is 1.09 bits per heavy atom. The molecule has 0 aromatic heterocycles. The van der Waals surface area contributed by atoms with Crippen molar-refractivity contribution < 1.29 is 9.53 Å². The topological polar surface area (TPSA) is 38.3 Å². The molecule has 2 aromatic carbocycles. The Balaban J connectivity index is 2.14. The van der Waals surface area contributed by atoms with Gasteiger partial charge in [0.15, 0.2) is 0 Å². The number of rotatable bonds is 3. The van der Waals surface area contributed by atoms with Gasteiger partial charge in [-0.2, -0.15) is 0 Å². The maximum absolute atomic E-state index is 12.3. The third kappa shape index (κ3) is 3.89. The third-order valence-electron chi connectivity index (χ3n) is 3.42. The molecular formula is C18H20BrNO2. The highest BCUT2D eigenvalue weighted by Crippen LogP contribution is 2.28. The van der Waals surface area contributed by atoms with E-state index in [0.29, 0.717) is 5.56 Å². The highest BCUT2D eigenvalue weighted by molar-refractivity contribution is 9.10. The van der Waals surface area contributed by atoms with E-state index in [1.54, 1.807) is 7.11 Å². The first kappa shape index (κ1) is 16.6. The second-order valence-electron chi connectivity index (χ2n) is 6.13. The lowest BCUT2D eigenvalue weighted by Gasteiger charge is -2.19. The molecule has 4 heteroatoms. The van der Waals surface area contributed by atoms with Crippen LogP contribution in [0, 0.1) is 0 Å². The minimum atomic E-state index is -0.127. The number of anilines is 1. The molecule has 2 rings (SSSR count). The highest BCUT2D eigenvalue weighted by Gasteiger charge is 2.14. The zero-order chi connectivity index (χ0) is 16.3. The molecule has 116 valence electrons. The molecule has 0 spiro atoms. The van der Waals surface area contributed by atoms with Gasteiger partial charge < -0.3 is 10.1 Å². The number of hydrogen-bond donors (Lipinski definition) is 1. The first-order valence-corrected chi connectivity index (χ1v) is 7.86. The van der Waals surface area contributed by atoms with E-state index in [4.69, 9.17) is 4.74 Å². The largest absolute Gasteiger partial charge is 0.496 e. The molecule has 0 aliphatic carbocycles. The molecule has 3 nitrogen and oxygen atoms in total. The van der Waals surface area contributed by atoms with Gasteiger partial charge >= 0.3 is 0 Å². The van der Waals surface area contributed by atoms with Crippen molar-refractivity contribution >= 4 is 27.5 Å². The van der Waals surface area contributed by atoms with Gasteiger partial charge in [0, 0.05) is 11.3 Å². The summed E-state index contributed by atoms with van der Waals surface area (Å²) in [5.41, 5.74) is 2.64. The Kier molecular flexibility index (Phi) is 4.91. The first-order chi connectivity index (χ1) is 10.3. The minimum Gasteiger partial charge on any atom is -0.496 e. The zero-order valence-corrected chi connectivity index (χ0v) is 14.8. The number of carbonyl (C=O) groups excluding carboxylic acids is 1. The first-order valence-electron chi connectivity index (χ1n) is 7.06. The van der Waals surface area contributed by atoms with Gasteiger partial charge in [-0.1, -0.05) is 32.9 Å². The third-order valence-corrected chi connectivity index (χ3v) is 4.04. The second-order valence-corrected chi connectivity index (χ2v) is 6.99. The van der Waals surface area contributed by atoms with Crippen LogP contribution in [0.15, 0.2) is 46.9 Å². The molecule has 0 heterocycles. The van der Waals surface area contributed by atoms with E-state index < -0.39 is 0 Å². The number of methoxy groups -OCH3 is 1. The van der Waals surface area contributed by atoms with E-state index in [9.17, 15) is 4.79 Å². The van der Waals surface area contributed by atoms with Crippen LogP contribution in [0.5, 0.6) is 5.75 Å². The molecule has 0 saturated heterocycles. The monoisotopic (exact) mass is 361 g/mol. The Labute approximate surface area is 139 Å². The fourth-order valence-electron chi connectivity index (χ4n) is 2.07. The highest BCUT2D eigenvalue weighted by atomic mass is 79.9. The van der Waals surface area contributed by atoms with Crippen LogP contribution < -0.4 is 10.1 Å². The summed E-state index contributed by atoms with van der Waals surface area (Å²) in [5.74, 6) is 0.602. The van der Waals surface area contributed by atoms with Crippen molar-refractivity contribution in [3.8, 4) is 5.75 Å². The van der Waals surface area contributed by atoms with Crippen LogP contribution in [-0.2, 0) is 5.41 Å². The van der Waals surface area contributed by atoms with Crippen LogP contribution in [0.3, 0.4) is 0 Å². The molecule has 2 aromatic rings. The smallest absolute Gasteiger partial charge is 0.255 e. The molecule has 0 bridgehead atoms. The molecule has 1 N–H and O–H groups in total. The molecule has 0 saturated carbocycles. The molecule has 0 unspecified atom stereocenters. The van der Waals surface area contributed by atoms with Gasteiger partial charge in [-0.15, -0.1) is 0 Å². The standard InChI is InChI=1S/C18H20BrNO2/c1-18(2,3)13-7-5-12(6-8-13)17(21)20-14-9-10-16(22-4)15(19)11-14/h5-11H,1-4H3,(H,20,21). The summed E-state index contributed by atoms with van der Waals surface area (Å²) >= 11 is 3.41. The molecule has 0 atom stereocenters. The van der Waals surface area contributed by atoms with Gasteiger partial charge in [0.2, 0.25) is 0 Å². The van der Waals surface area contributed by atoms with E-state index in [0.717, 1.165) is 15.9 Å². The van der Waals surface area contributed by atoms with Crippen LogP contribution in [0.4, 0.5) is 5.69 Å². The Bertz CT molecular complexity index is 672. The number of nitrogens with one attached hydrogen (secondary N) is 1. The maximum atomic E-state index is 12.3. The number of ether oxygens (including phenoxy) is 1. The van der Waals surface area contributed by atoms with E-state index >= 15 is 0 Å². The summed E-state index contributed by atoms with van der Waals surface area (Å²) in [6.07, 6.45) is 0. The van der Waals surface area contributed by atoms with Gasteiger partial charge in [0.1, 0.15) is 5.75 Å². The Morgan fingerprint density at radius 3 is 2.23 bits per heavy atom. The molecular weight excluding hydrogens is 342 g/mol. The zero-order valence-electron chi connectivity index (χ0n) is 13.2. The van der Waals surface area contributed by atoms with Crippen molar-refractivity contribution in [3.05, 3.63) is 58.1 Å². The number of carbonyl (C=O) groups is 1. The summed E-state index contributed by atoms with van der Waals surface area (Å²) in [5, 5.41) is 2.88. The average molecular weight is 362 g/mol. The Hall–Kier alpha value is -1.81. The number of halogens is 1. The van der Waals surface area contributed by atoms with Crippen LogP contribution in [-0.4, -0.2) is 13.0 Å². The summed E-state index contributed by atoms with van der Waals surface area (Å²) in [6.45, 7) is 6.45. The van der Waals surface area contributed by atoms with E-state index in [2.05, 4.69) is 42.0 Å². The summed E-state index contributed by atoms with van der Waals surface area (Å²) in [4.78, 5) is 12.3. The minimum absolute atomic E-state index is 0.0792. The van der Waals surface area contributed by atoms with Gasteiger partial charge in [-0.25, -0.2) is 0 Å². The van der Waals surface area contributed by atoms with Crippen molar-refractivity contribution in [1.29, 1.82) is 0 Å². The Morgan fingerprint density at radius 2 is 1.73 bits per heavy atom. The van der Waals surface area contributed by atoms with Gasteiger partial charge in [0.25, 0.3) is 5.91 Å². The predicted octanol–water partition coefficient (Wildman–Crippen LogP) is 5.01. The summed E-state index contributed by atoms with van der Waals surface area (Å²) in [6, 6.07) is 13.1. The van der Waals surface area contributed by atoms with Gasteiger partial charge in [0.05, 0.1) is 11.6 Å². The lowest BCUT2D eigenvalue weighted by Crippen LogP contribution is -2.14. The van der Waals surface area contributed by atoms with E-state index in [-0.39, 0.29) is 11.3 Å². The summed E-state index contributed by atoms with van der Waals surface area (Å²) < 4.78 is 5.98. The lowest BCUT2D eigenvalue weighted by molar-refractivity contribution is 0.102. The van der Waals surface area contributed by atoms with Crippen LogP contribution >= 0.6 is 15.9 Å². The number of amides is 1. The predicted molar refractivity (Wildman–Crippen MR) is 93.8 cm³/mol. The lowest BCUT2D eigenvalue weighted by atomic mass is 9.87. The molecule has 0 fully saturated rings. The fraction of sp³-hybridized carbons (Fsp3) is 0.278. The van der Waals surface area contributed by atoms with Crippen molar-refractivity contribution in [2.75, 3.05) is 12.4 Å². The molecule has 22 heavy (non-hydrogen) atoms. The van der Waals surface area contributed by atoms with E-state index in [1.807, 2.05) is 42.5 Å². The van der Waals surface area contributed by atoms with Gasteiger partial charge in [-0.3, -0.25) is 4.79 Å². The average Bonchev–Trinajstić information content (AvgIpc) is 2.46. The molecule has 0 aliphatic heterocycles. The van der Waals surface area contributed by atoms with Crippen LogP contribution in [0.1, 0.15) is 36.7 Å². The van der Waals surface area contributed by atoms with E-state index in [1.165, 1.54) is 5.56 Å². The fourth-order valence-corrected chi connectivity index (χ4v) is 2.61. The van der Waals surface area contributed by atoms with Crippen LogP contribution in [0.2, 0.25) is 0 Å². The molecule has 0 aliphatic rings. The van der Waals surface area contributed by atoms with Crippen LogP contribution in [0.25, 0.3) is 0 Å². The van der Waals surface area contributed by atoms with Crippen molar-refractivity contribution in [1.82, 2.24) is 0 Å². The van der Waals surface area contributed by atoms with Crippen molar-refractivity contribution in [3.63, 3.8) is 0 Å². The molecule has 1 amide bonds.